The molecule has 12 aromatic rings. The minimum Gasteiger partial charge on any atom is -0.495 e. The molecule has 0 amide bonds. The molecule has 0 fully saturated rings. The van der Waals surface area contributed by atoms with Gasteiger partial charge in [0.25, 0.3) is 0 Å². The van der Waals surface area contributed by atoms with Crippen molar-refractivity contribution >= 4 is 86.2 Å². The first-order valence-corrected chi connectivity index (χ1v) is 39.0. The van der Waals surface area contributed by atoms with Gasteiger partial charge in [0.1, 0.15) is 5.75 Å². The number of nitrogens with zero attached hydrogens (tertiary/aromatic N) is 2. The van der Waals surface area contributed by atoms with Crippen molar-refractivity contribution in [2.24, 2.45) is 23.7 Å². The Hall–Kier alpha value is -7.34. The molecule has 98 heavy (non-hydrogen) atoms. The molecule has 0 aromatic heterocycles. The number of rotatable bonds is 31. The van der Waals surface area contributed by atoms with E-state index in [1.165, 1.54) is 261 Å². The third kappa shape index (κ3) is 12.9. The van der Waals surface area contributed by atoms with Gasteiger partial charge in [0.15, 0.2) is 0 Å². The number of β-amino-alcohol motifs (C(OH)–C–C–N with tert-alkyl or cyclic N) is 1. The van der Waals surface area contributed by atoms with Gasteiger partial charge < -0.3 is 9.84 Å². The zero-order valence-electron chi connectivity index (χ0n) is 61.0. The van der Waals surface area contributed by atoms with Gasteiger partial charge in [-0.3, -0.25) is 9.80 Å². The van der Waals surface area contributed by atoms with Gasteiger partial charge in [-0.1, -0.05) is 279 Å². The number of benzene rings is 12. The molecule has 508 valence electrons. The third-order valence-electron chi connectivity index (χ3n) is 24.2. The lowest BCUT2D eigenvalue weighted by molar-refractivity contribution is 0.182. The molecular weight excluding hydrogens is 1190 g/mol. The average molecular weight is 1300 g/mol. The van der Waals surface area contributed by atoms with Gasteiger partial charge >= 0.3 is 0 Å². The highest BCUT2D eigenvalue weighted by molar-refractivity contribution is 6.34. The standard InChI is InChI=1S/C94H110N2O2/c1-10-18-26-61(14-5)48-66-30-22-34-74-82(66)54-83-67(49-62(15-6)27-19-11-2)31-23-35-75(83)90(74)86-52-65(56-96-59-72-40-44-80-78-42-38-70-57-95(46-47-97)58-71-39-43-79(92(78)88(70)71)81-45-41-73(60-96)89(72)93(80)81)53-87(94(86)98-9)91-76-36-24-32-68(50-63(16-7)28-20-12-3)84(76)55-85-69(33-25-37-77(85)91)51-64(17-8)29-21-13-4/h22-25,30-45,52-55,61-64,97H,10-21,26-29,46-51,56-60H2,1-9H3. The summed E-state index contributed by atoms with van der Waals surface area (Å²) in [6.07, 6.45) is 24.1. The van der Waals surface area contributed by atoms with Crippen molar-refractivity contribution in [2.45, 2.75) is 217 Å². The van der Waals surface area contributed by atoms with Gasteiger partial charge in [0, 0.05) is 61.5 Å². The van der Waals surface area contributed by atoms with Crippen LogP contribution in [0.4, 0.5) is 0 Å². The van der Waals surface area contributed by atoms with Crippen LogP contribution in [0, 0.1) is 23.7 Å². The Balaban J connectivity index is 1.01. The lowest BCUT2D eigenvalue weighted by atomic mass is 9.81. The second-order valence-electron chi connectivity index (χ2n) is 30.4. The molecule has 2 aliphatic rings. The fourth-order valence-electron chi connectivity index (χ4n) is 18.7. The van der Waals surface area contributed by atoms with Gasteiger partial charge in [0.2, 0.25) is 0 Å². The number of ether oxygens (including phenoxy) is 1. The molecular formula is C94H110N2O2. The summed E-state index contributed by atoms with van der Waals surface area (Å²) >= 11 is 0. The van der Waals surface area contributed by atoms with Gasteiger partial charge in [-0.05, 0) is 210 Å². The van der Waals surface area contributed by atoms with Crippen molar-refractivity contribution in [3.05, 3.63) is 196 Å². The zero-order chi connectivity index (χ0) is 67.6. The van der Waals surface area contributed by atoms with Crippen molar-refractivity contribution in [1.82, 2.24) is 9.80 Å². The summed E-state index contributed by atoms with van der Waals surface area (Å²) in [6, 6.07) is 59.2. The van der Waals surface area contributed by atoms with Gasteiger partial charge in [-0.25, -0.2) is 0 Å². The number of hydrogen-bond acceptors (Lipinski definition) is 4. The molecule has 0 saturated carbocycles. The van der Waals surface area contributed by atoms with Gasteiger partial charge in [-0.2, -0.15) is 0 Å². The lowest BCUT2D eigenvalue weighted by Gasteiger charge is -2.32. The Morgan fingerprint density at radius 3 is 0.959 bits per heavy atom. The second-order valence-corrected chi connectivity index (χ2v) is 30.4. The van der Waals surface area contributed by atoms with Crippen molar-refractivity contribution < 1.29 is 9.84 Å². The fourth-order valence-corrected chi connectivity index (χ4v) is 18.7. The Morgan fingerprint density at radius 1 is 0.357 bits per heavy atom. The maximum Gasteiger partial charge on any atom is 0.134 e. The predicted molar refractivity (Wildman–Crippen MR) is 424 cm³/mol. The molecule has 0 aliphatic carbocycles. The largest absolute Gasteiger partial charge is 0.495 e. The summed E-state index contributed by atoms with van der Waals surface area (Å²) in [5.41, 5.74) is 17.8. The van der Waals surface area contributed by atoms with Gasteiger partial charge in [-0.15, -0.1) is 0 Å². The van der Waals surface area contributed by atoms with E-state index in [0.29, 0.717) is 30.2 Å². The molecule has 4 nitrogen and oxygen atoms in total. The molecule has 4 heteroatoms. The van der Waals surface area contributed by atoms with E-state index in [1.54, 1.807) is 0 Å². The average Bonchev–Trinajstić information content (AvgIpc) is 0.707. The lowest BCUT2D eigenvalue weighted by Crippen LogP contribution is -2.29. The maximum atomic E-state index is 9.96. The Morgan fingerprint density at radius 2 is 0.673 bits per heavy atom. The van der Waals surface area contributed by atoms with E-state index < -0.39 is 0 Å². The van der Waals surface area contributed by atoms with Gasteiger partial charge in [0.05, 0.1) is 13.7 Å². The smallest absolute Gasteiger partial charge is 0.134 e. The molecule has 0 saturated heterocycles. The van der Waals surface area contributed by atoms with Crippen LogP contribution in [0.1, 0.15) is 208 Å². The maximum absolute atomic E-state index is 9.96. The zero-order valence-corrected chi connectivity index (χ0v) is 61.0. The van der Waals surface area contributed by atoms with E-state index in [1.807, 2.05) is 7.11 Å². The highest BCUT2D eigenvalue weighted by Gasteiger charge is 2.30. The first kappa shape index (κ1) is 67.8. The highest BCUT2D eigenvalue weighted by Crippen LogP contribution is 2.52. The van der Waals surface area contributed by atoms with Crippen molar-refractivity contribution in [2.75, 3.05) is 20.3 Å². The Bertz CT molecular complexity index is 4400. The van der Waals surface area contributed by atoms with E-state index >= 15 is 0 Å². The van der Waals surface area contributed by atoms with Crippen LogP contribution in [-0.2, 0) is 58.4 Å². The summed E-state index contributed by atoms with van der Waals surface area (Å²) in [5.74, 6) is 3.49. The first-order chi connectivity index (χ1) is 48.1. The van der Waals surface area contributed by atoms with Crippen LogP contribution in [0.25, 0.3) is 108 Å². The molecule has 0 bridgehead atoms. The van der Waals surface area contributed by atoms with Crippen LogP contribution in [0.5, 0.6) is 5.75 Å². The van der Waals surface area contributed by atoms with E-state index in [-0.39, 0.29) is 6.61 Å². The highest BCUT2D eigenvalue weighted by atomic mass is 16.5. The number of hydrogen-bond donors (Lipinski definition) is 1. The van der Waals surface area contributed by atoms with Crippen LogP contribution in [0.2, 0.25) is 0 Å². The SMILES string of the molecule is CCCCC(CC)Cc1cccc2c(-c3cc(CN4Cc5ccc6c7ccc8c9c(ccc(c%10ccc(c5c6%10)C4)c97)CN(CCO)C8)cc(-c4c5cccc(CC(CC)CCCC)c5cc5c(CC(CC)CCCC)cccc45)c3OC)c3cccc(CC(CC)CCCC)c3cc12. The van der Waals surface area contributed by atoms with Crippen LogP contribution >= 0.6 is 0 Å². The topological polar surface area (TPSA) is 35.9 Å². The number of aliphatic hydroxyl groups is 1. The van der Waals surface area contributed by atoms with E-state index in [4.69, 9.17) is 4.74 Å². The molecule has 0 radical (unpaired) electrons. The molecule has 4 unspecified atom stereocenters. The molecule has 2 heterocycles. The first-order valence-electron chi connectivity index (χ1n) is 39.0. The molecule has 2 aliphatic heterocycles. The van der Waals surface area contributed by atoms with Crippen LogP contribution < -0.4 is 4.74 Å². The monoisotopic (exact) mass is 1300 g/mol. The van der Waals surface area contributed by atoms with E-state index in [0.717, 1.165) is 64.2 Å². The molecule has 0 spiro atoms. The van der Waals surface area contributed by atoms with Crippen molar-refractivity contribution in [3.63, 3.8) is 0 Å². The molecule has 12 aromatic carbocycles. The summed E-state index contributed by atoms with van der Waals surface area (Å²) in [4.78, 5) is 5.13. The van der Waals surface area contributed by atoms with Crippen LogP contribution in [-0.4, -0.2) is 35.2 Å². The summed E-state index contributed by atoms with van der Waals surface area (Å²) in [5, 5.41) is 32.0. The molecule has 4 atom stereocenters. The minimum absolute atomic E-state index is 0.178. The quantitative estimate of drug-likeness (QED) is 0.0347. The summed E-state index contributed by atoms with van der Waals surface area (Å²) < 4.78 is 7.33. The normalized spacial score (nSPS) is 15.0. The minimum atomic E-state index is 0.178. The predicted octanol–water partition coefficient (Wildman–Crippen LogP) is 25.6. The number of methoxy groups -OCH3 is 1. The molecule has 1 N–H and O–H groups in total. The van der Waals surface area contributed by atoms with Crippen LogP contribution in [0.15, 0.2) is 146 Å². The Labute approximate surface area is 586 Å². The number of aliphatic hydroxyl groups excluding tert-OH is 1. The van der Waals surface area contributed by atoms with E-state index in [9.17, 15) is 5.11 Å². The third-order valence-corrected chi connectivity index (χ3v) is 24.2. The molecule has 14 rings (SSSR count). The fraction of sp³-hybridized carbons (Fsp3) is 0.426. The van der Waals surface area contributed by atoms with Crippen molar-refractivity contribution in [1.29, 1.82) is 0 Å². The van der Waals surface area contributed by atoms with Crippen LogP contribution in [0.3, 0.4) is 0 Å². The summed E-state index contributed by atoms with van der Waals surface area (Å²) in [6.45, 7) is 24.2. The number of unbranched alkanes of at least 4 members (excludes halogenated alkanes) is 4. The Kier molecular flexibility index (Phi) is 20.9. The van der Waals surface area contributed by atoms with E-state index in [2.05, 4.69) is 211 Å². The summed E-state index contributed by atoms with van der Waals surface area (Å²) in [7, 11) is 1.98. The van der Waals surface area contributed by atoms with Crippen molar-refractivity contribution in [3.8, 4) is 28.0 Å². The second kappa shape index (κ2) is 30.2. The number of fused-ring (bicyclic) bond motifs is 6.